The smallest absolute Gasteiger partial charge is 0.217 e. The Balaban J connectivity index is 1.02. The average Bonchev–Trinajstić information content (AvgIpc) is 0.775. The Labute approximate surface area is 554 Å². The van der Waals surface area contributed by atoms with Crippen LogP contribution in [0, 0.1) is 0 Å². The molecule has 0 aromatic carbocycles. The highest BCUT2D eigenvalue weighted by Gasteiger charge is 2.60. The van der Waals surface area contributed by atoms with Gasteiger partial charge in [0.25, 0.3) is 0 Å². The first kappa shape index (κ1) is 80.6. The Morgan fingerprint density at radius 1 is 0.265 bits per heavy atom. The number of carbonyl (C=O) groups excluding carboxylic acids is 3. The Morgan fingerprint density at radius 3 is 0.878 bits per heavy atom. The van der Waals surface area contributed by atoms with Crippen LogP contribution in [-0.4, -0.2) is 433 Å². The first-order valence-electron chi connectivity index (χ1n) is 31.1. The van der Waals surface area contributed by atoms with Gasteiger partial charge in [-0.1, -0.05) is 0 Å². The van der Waals surface area contributed by atoms with Crippen molar-refractivity contribution < 1.29 is 203 Å². The molecule has 8 aliphatic heterocycles. The molecule has 0 aromatic rings. The van der Waals surface area contributed by atoms with Gasteiger partial charge < -0.3 is 204 Å². The molecule has 3 amide bonds. The van der Waals surface area contributed by atoms with Crippen LogP contribution in [0.15, 0.2) is 0 Å². The van der Waals surface area contributed by atoms with Crippen LogP contribution in [0.3, 0.4) is 0 Å². The molecule has 0 aromatic heterocycles. The summed E-state index contributed by atoms with van der Waals surface area (Å²) in [6.45, 7) is -5.27. The summed E-state index contributed by atoms with van der Waals surface area (Å²) in [5, 5.41) is 257. The summed E-state index contributed by atoms with van der Waals surface area (Å²) in [7, 11) is 0. The Hall–Kier alpha value is -3.11. The molecule has 40 atom stereocenters. The van der Waals surface area contributed by atoms with Gasteiger partial charge in [0.05, 0.1) is 52.9 Å². The summed E-state index contributed by atoms with van der Waals surface area (Å²) in [4.78, 5) is 38.3. The predicted octanol–water partition coefficient (Wildman–Crippen LogP) is -18.0. The SMILES string of the molecule is CC(=O)N[C@H]1[C@H](O[C@H]2[C@@H](O)[C@@H](CO)O[C@@H](O[C@H]3[C@H](O)[C@@H](NC(C)=O)[C@H](OC[C@H]4O[C@@H](O[C@H]5[C@H](O)[C@@H](O)C(O)O[C@@H]5CO)[C@H](O)[C@@H](O[C@@H]5O[C@H](CO)[C@@H](O[C@@H]6O[C@H](CO)[C@H](O)[C@H](O)[C@H]6O)[C@H](O)[C@H]5NC(C)=O)[C@H]4O)O[C@@H]3CO)[C@@H]2O)O[C@H](CO)[C@@H](O[C@@H]2O[C@H](CO)[C@H](O)[C@H](O)[C@H]2O)[C@@H]1O. The normalized spacial score (nSPS) is 49.5. The van der Waals surface area contributed by atoms with Gasteiger partial charge in [-0.05, 0) is 0 Å². The van der Waals surface area contributed by atoms with Crippen LogP contribution in [-0.2, 0) is 85.4 Å². The molecule has 8 aliphatic rings. The number of aliphatic hydroxyl groups is 23. The number of amides is 3. The average molecular weight is 1440 g/mol. The van der Waals surface area contributed by atoms with Gasteiger partial charge in [-0.15, -0.1) is 0 Å². The number of hydrogen-bond acceptors (Lipinski definition) is 41. The predicted molar refractivity (Wildman–Crippen MR) is 299 cm³/mol. The molecular formula is C54H91N3O41. The quantitative estimate of drug-likeness (QED) is 0.0404. The topological polar surface area (TPSA) is 691 Å². The van der Waals surface area contributed by atoms with Crippen molar-refractivity contribution in [2.75, 3.05) is 52.9 Å². The molecule has 0 spiro atoms. The van der Waals surface area contributed by atoms with E-state index in [4.69, 9.17) is 71.1 Å². The summed E-state index contributed by atoms with van der Waals surface area (Å²) in [6, 6.07) is -5.50. The summed E-state index contributed by atoms with van der Waals surface area (Å²) in [6.07, 6.45) is -73.3. The highest BCUT2D eigenvalue weighted by atomic mass is 16.8. The summed E-state index contributed by atoms with van der Waals surface area (Å²) in [5.74, 6) is -2.68. The number of ether oxygens (including phenoxy) is 15. The van der Waals surface area contributed by atoms with Gasteiger partial charge in [-0.2, -0.15) is 0 Å². The third-order valence-electron chi connectivity index (χ3n) is 17.8. The van der Waals surface area contributed by atoms with Gasteiger partial charge in [-0.3, -0.25) is 14.4 Å². The minimum Gasteiger partial charge on any atom is -0.394 e. The third-order valence-corrected chi connectivity index (χ3v) is 17.8. The third kappa shape index (κ3) is 17.5. The Morgan fingerprint density at radius 2 is 0.531 bits per heavy atom. The van der Waals surface area contributed by atoms with Crippen molar-refractivity contribution in [1.29, 1.82) is 0 Å². The van der Waals surface area contributed by atoms with Crippen molar-refractivity contribution in [3.63, 3.8) is 0 Å². The Kier molecular flexibility index (Phi) is 28.9. The molecule has 8 rings (SSSR count). The minimum atomic E-state index is -2.34. The molecule has 0 bridgehead atoms. The van der Waals surface area contributed by atoms with Crippen LogP contribution in [0.2, 0.25) is 0 Å². The van der Waals surface area contributed by atoms with E-state index >= 15 is 0 Å². The summed E-state index contributed by atoms with van der Waals surface area (Å²) in [5.41, 5.74) is 0. The van der Waals surface area contributed by atoms with Crippen molar-refractivity contribution in [2.45, 2.75) is 266 Å². The molecule has 26 N–H and O–H groups in total. The maximum absolute atomic E-state index is 12.9. The molecule has 0 saturated carbocycles. The van der Waals surface area contributed by atoms with Crippen molar-refractivity contribution in [2.24, 2.45) is 0 Å². The number of rotatable bonds is 25. The lowest BCUT2D eigenvalue weighted by Crippen LogP contribution is -2.70. The van der Waals surface area contributed by atoms with E-state index < -0.39 is 316 Å². The highest BCUT2D eigenvalue weighted by molar-refractivity contribution is 5.74. The van der Waals surface area contributed by atoms with E-state index in [2.05, 4.69) is 16.0 Å². The van der Waals surface area contributed by atoms with E-state index in [-0.39, 0.29) is 0 Å². The lowest BCUT2D eigenvalue weighted by molar-refractivity contribution is -0.385. The summed E-state index contributed by atoms with van der Waals surface area (Å²) < 4.78 is 86.9. The molecule has 568 valence electrons. The highest BCUT2D eigenvalue weighted by Crippen LogP contribution is 2.38. The fourth-order valence-corrected chi connectivity index (χ4v) is 12.6. The molecule has 98 heavy (non-hydrogen) atoms. The number of aliphatic hydroxyl groups excluding tert-OH is 23. The van der Waals surface area contributed by atoms with Crippen molar-refractivity contribution in [3.8, 4) is 0 Å². The standard InChI is InChI=1S/C54H91N3O41/c1-12(65)55-23-30(72)41(95-53-39(81)45(28(70)17(6-60)88-53)97-49-24(56-13(2)66)31(73)42(20(9-63)90-49)93-51-37(79)33(75)26(68)15(4-58)86-51)19(8-62)89-48(23)84-11-22-29(71)46(40(82)54(92-22)96-44-18(7-61)85-47(83)36(78)35(44)77)98-50-25(57-14(3)67)32(74)43(21(10-64)91-50)94-52-38(80)34(76)27(69)16(5-59)87-52/h15-54,58-64,68-83H,4-11H2,1-3H3,(H,55,65)(H,56,66)(H,57,67)/t15-,16-,17-,18-,19-,20-,21-,22-,23-,24-,25-,26+,27+,28+,29+,30-,31-,32-,33+,34+,35-,36-,37-,38-,39-,40-,41-,42-,43-,44-,45+,46+,47?,48-,49+,50+,51+,52+,53+,54+/m1/s1. The Bertz CT molecular complexity index is 2510. The first-order valence-corrected chi connectivity index (χ1v) is 31.1. The van der Waals surface area contributed by atoms with Gasteiger partial charge in [0.1, 0.15) is 195 Å². The number of carbonyl (C=O) groups is 3. The van der Waals surface area contributed by atoms with Gasteiger partial charge in [0.2, 0.25) is 17.7 Å². The van der Waals surface area contributed by atoms with E-state index in [0.717, 1.165) is 20.8 Å². The second kappa shape index (κ2) is 35.1. The minimum absolute atomic E-state index is 0.866. The molecule has 8 fully saturated rings. The molecule has 44 nitrogen and oxygen atoms in total. The number of hydrogen-bond donors (Lipinski definition) is 26. The summed E-state index contributed by atoms with van der Waals surface area (Å²) >= 11 is 0. The maximum atomic E-state index is 12.9. The largest absolute Gasteiger partial charge is 0.394 e. The van der Waals surface area contributed by atoms with Crippen LogP contribution in [0.4, 0.5) is 0 Å². The van der Waals surface area contributed by atoms with Crippen LogP contribution in [0.5, 0.6) is 0 Å². The van der Waals surface area contributed by atoms with E-state index in [1.807, 2.05) is 0 Å². The van der Waals surface area contributed by atoms with Crippen LogP contribution < -0.4 is 16.0 Å². The lowest BCUT2D eigenvalue weighted by Gasteiger charge is -2.50. The van der Waals surface area contributed by atoms with Crippen molar-refractivity contribution in [1.82, 2.24) is 16.0 Å². The van der Waals surface area contributed by atoms with Crippen molar-refractivity contribution in [3.05, 3.63) is 0 Å². The zero-order valence-corrected chi connectivity index (χ0v) is 52.4. The van der Waals surface area contributed by atoms with Gasteiger partial charge in [0.15, 0.2) is 50.3 Å². The molecule has 8 saturated heterocycles. The molecule has 1 unspecified atom stereocenters. The molecule has 0 radical (unpaired) electrons. The molecule has 0 aliphatic carbocycles. The number of nitrogens with one attached hydrogen (secondary N) is 3. The van der Waals surface area contributed by atoms with Gasteiger partial charge in [-0.25, -0.2) is 0 Å². The molecule has 44 heteroatoms. The molecule has 8 heterocycles. The zero-order chi connectivity index (χ0) is 72.2. The van der Waals surface area contributed by atoms with E-state index in [1.165, 1.54) is 0 Å². The second-order valence-corrected chi connectivity index (χ2v) is 24.6. The maximum Gasteiger partial charge on any atom is 0.217 e. The van der Waals surface area contributed by atoms with Gasteiger partial charge in [0, 0.05) is 20.8 Å². The second-order valence-electron chi connectivity index (χ2n) is 24.6. The zero-order valence-electron chi connectivity index (χ0n) is 52.4. The van der Waals surface area contributed by atoms with E-state index in [9.17, 15) is 132 Å². The van der Waals surface area contributed by atoms with Crippen LogP contribution in [0.1, 0.15) is 20.8 Å². The fourth-order valence-electron chi connectivity index (χ4n) is 12.6. The molecular weight excluding hydrogens is 1350 g/mol. The van der Waals surface area contributed by atoms with Crippen LogP contribution in [0.25, 0.3) is 0 Å². The van der Waals surface area contributed by atoms with Crippen LogP contribution >= 0.6 is 0 Å². The first-order chi connectivity index (χ1) is 46.4. The lowest BCUT2D eigenvalue weighted by atomic mass is 9.94. The monoisotopic (exact) mass is 1440 g/mol. The van der Waals surface area contributed by atoms with E-state index in [1.54, 1.807) is 0 Å². The fraction of sp³-hybridized carbons (Fsp3) is 0.944. The van der Waals surface area contributed by atoms with Gasteiger partial charge >= 0.3 is 0 Å². The van der Waals surface area contributed by atoms with E-state index in [0.29, 0.717) is 0 Å². The van der Waals surface area contributed by atoms with Crippen molar-refractivity contribution >= 4 is 17.7 Å².